The van der Waals surface area contributed by atoms with Crippen LogP contribution in [-0.4, -0.2) is 30.9 Å². The molecule has 0 fully saturated rings. The van der Waals surface area contributed by atoms with Crippen molar-refractivity contribution < 1.29 is 19.3 Å². The number of fused-ring (bicyclic) bond motifs is 1. The van der Waals surface area contributed by atoms with Gasteiger partial charge in [0.25, 0.3) is 0 Å². The number of aromatic hydroxyl groups is 1. The smallest absolute Gasteiger partial charge is 0.167 e. The molecule has 5 nitrogen and oxygen atoms in total. The molecule has 1 heterocycles. The van der Waals surface area contributed by atoms with Gasteiger partial charge in [0.1, 0.15) is 11.5 Å². The Morgan fingerprint density at radius 1 is 0.929 bits per heavy atom. The zero-order valence-corrected chi connectivity index (χ0v) is 17.4. The lowest BCUT2D eigenvalue weighted by Gasteiger charge is -2.15. The van der Waals surface area contributed by atoms with Crippen molar-refractivity contribution in [3.8, 4) is 23.0 Å². The third kappa shape index (κ3) is 4.09. The van der Waals surface area contributed by atoms with E-state index in [4.69, 9.17) is 14.2 Å². The highest BCUT2D eigenvalue weighted by atomic mass is 35.5. The second kappa shape index (κ2) is 9.51. The molecule has 3 aromatic rings. The fraction of sp³-hybridized carbons (Fsp3) is 0.318. The SMILES string of the molecule is CCOc1ccc2c(Cc3cc(OC)c(CC)c(OC)c3)cncc2c1O.Cl. The van der Waals surface area contributed by atoms with Gasteiger partial charge in [-0.1, -0.05) is 13.0 Å². The maximum absolute atomic E-state index is 10.5. The molecular weight excluding hydrogens is 378 g/mol. The first-order chi connectivity index (χ1) is 13.1. The van der Waals surface area contributed by atoms with E-state index in [1.165, 1.54) is 0 Å². The summed E-state index contributed by atoms with van der Waals surface area (Å²) in [5.41, 5.74) is 3.13. The van der Waals surface area contributed by atoms with Gasteiger partial charge in [-0.25, -0.2) is 0 Å². The molecule has 0 saturated heterocycles. The maximum Gasteiger partial charge on any atom is 0.167 e. The van der Waals surface area contributed by atoms with Crippen molar-refractivity contribution in [2.45, 2.75) is 26.7 Å². The number of ether oxygens (including phenoxy) is 3. The first-order valence-corrected chi connectivity index (χ1v) is 9.08. The largest absolute Gasteiger partial charge is 0.504 e. The van der Waals surface area contributed by atoms with Gasteiger partial charge in [-0.15, -0.1) is 12.4 Å². The summed E-state index contributed by atoms with van der Waals surface area (Å²) >= 11 is 0. The van der Waals surface area contributed by atoms with E-state index in [-0.39, 0.29) is 18.2 Å². The minimum atomic E-state index is 0. The van der Waals surface area contributed by atoms with Gasteiger partial charge < -0.3 is 19.3 Å². The Morgan fingerprint density at radius 2 is 1.61 bits per heavy atom. The van der Waals surface area contributed by atoms with E-state index in [1.54, 1.807) is 26.5 Å². The first kappa shape index (κ1) is 21.6. The van der Waals surface area contributed by atoms with Gasteiger partial charge >= 0.3 is 0 Å². The number of aromatic nitrogens is 1. The zero-order chi connectivity index (χ0) is 19.4. The van der Waals surface area contributed by atoms with Crippen LogP contribution in [0.2, 0.25) is 0 Å². The molecule has 3 rings (SSSR count). The fourth-order valence-corrected chi connectivity index (χ4v) is 3.39. The number of phenolic OH excluding ortho intramolecular Hbond substituents is 1. The summed E-state index contributed by atoms with van der Waals surface area (Å²) in [7, 11) is 3.34. The van der Waals surface area contributed by atoms with Crippen molar-refractivity contribution in [1.29, 1.82) is 0 Å². The fourth-order valence-electron chi connectivity index (χ4n) is 3.39. The number of pyridine rings is 1. The summed E-state index contributed by atoms with van der Waals surface area (Å²) in [6, 6.07) is 7.83. The summed E-state index contributed by atoms with van der Waals surface area (Å²) in [4.78, 5) is 4.31. The van der Waals surface area contributed by atoms with Crippen LogP contribution in [0.4, 0.5) is 0 Å². The number of hydrogen-bond acceptors (Lipinski definition) is 5. The Morgan fingerprint density at radius 3 is 2.18 bits per heavy atom. The third-order valence-electron chi connectivity index (χ3n) is 4.68. The van der Waals surface area contributed by atoms with E-state index in [2.05, 4.69) is 11.9 Å². The van der Waals surface area contributed by atoms with Crippen LogP contribution in [0.1, 0.15) is 30.5 Å². The molecule has 150 valence electrons. The number of phenols is 1. The lowest BCUT2D eigenvalue weighted by molar-refractivity contribution is 0.320. The van der Waals surface area contributed by atoms with Crippen molar-refractivity contribution >= 4 is 23.2 Å². The normalized spacial score (nSPS) is 10.4. The lowest BCUT2D eigenvalue weighted by atomic mass is 9.98. The molecule has 0 aliphatic rings. The molecule has 0 radical (unpaired) electrons. The third-order valence-corrected chi connectivity index (χ3v) is 4.68. The molecule has 2 aromatic carbocycles. The van der Waals surface area contributed by atoms with Gasteiger partial charge in [0.05, 0.1) is 20.8 Å². The quantitative estimate of drug-likeness (QED) is 0.606. The standard InChI is InChI=1S/C22H25NO4.ClH/c1-5-16-20(25-3)10-14(11-21(16)26-4)9-15-12-23-13-18-17(15)7-8-19(22(18)24)27-6-2;/h7-8,10-13,24H,5-6,9H2,1-4H3;1H. The number of benzene rings is 2. The molecule has 0 atom stereocenters. The minimum Gasteiger partial charge on any atom is -0.504 e. The Balaban J connectivity index is 0.00000280. The summed E-state index contributed by atoms with van der Waals surface area (Å²) in [5, 5.41) is 12.1. The van der Waals surface area contributed by atoms with Crippen LogP contribution < -0.4 is 14.2 Å². The van der Waals surface area contributed by atoms with Gasteiger partial charge in [0, 0.05) is 23.3 Å². The monoisotopic (exact) mass is 403 g/mol. The van der Waals surface area contributed by atoms with Crippen LogP contribution in [0.3, 0.4) is 0 Å². The average Bonchev–Trinajstić information content (AvgIpc) is 2.69. The predicted molar refractivity (Wildman–Crippen MR) is 114 cm³/mol. The van der Waals surface area contributed by atoms with Crippen molar-refractivity contribution in [3.63, 3.8) is 0 Å². The van der Waals surface area contributed by atoms with Crippen molar-refractivity contribution in [2.75, 3.05) is 20.8 Å². The Labute approximate surface area is 171 Å². The van der Waals surface area contributed by atoms with Gasteiger partial charge in [0.2, 0.25) is 0 Å². The van der Waals surface area contributed by atoms with Crippen LogP contribution in [0.5, 0.6) is 23.0 Å². The second-order valence-electron chi connectivity index (χ2n) is 6.25. The molecule has 0 amide bonds. The van der Waals surface area contributed by atoms with Gasteiger partial charge in [-0.3, -0.25) is 4.98 Å². The molecule has 0 bridgehead atoms. The molecule has 0 unspecified atom stereocenters. The van der Waals surface area contributed by atoms with Crippen LogP contribution in [-0.2, 0) is 12.8 Å². The Hall–Kier alpha value is -2.66. The maximum atomic E-state index is 10.5. The van der Waals surface area contributed by atoms with Crippen molar-refractivity contribution in [3.05, 3.63) is 53.3 Å². The molecule has 28 heavy (non-hydrogen) atoms. The highest BCUT2D eigenvalue weighted by molar-refractivity contribution is 5.92. The zero-order valence-electron chi connectivity index (χ0n) is 16.6. The molecule has 0 spiro atoms. The van der Waals surface area contributed by atoms with Crippen molar-refractivity contribution in [2.24, 2.45) is 0 Å². The second-order valence-corrected chi connectivity index (χ2v) is 6.25. The van der Waals surface area contributed by atoms with Gasteiger partial charge in [-0.05, 0) is 54.5 Å². The summed E-state index contributed by atoms with van der Waals surface area (Å²) < 4.78 is 16.6. The van der Waals surface area contributed by atoms with E-state index >= 15 is 0 Å². The average molecular weight is 404 g/mol. The van der Waals surface area contributed by atoms with Gasteiger partial charge in [0.15, 0.2) is 11.5 Å². The minimum absolute atomic E-state index is 0. The van der Waals surface area contributed by atoms with E-state index in [9.17, 15) is 5.11 Å². The van der Waals surface area contributed by atoms with E-state index in [1.807, 2.05) is 31.3 Å². The Kier molecular flexibility index (Phi) is 7.35. The number of nitrogens with zero attached hydrogens (tertiary/aromatic N) is 1. The highest BCUT2D eigenvalue weighted by Gasteiger charge is 2.14. The van der Waals surface area contributed by atoms with Crippen LogP contribution in [0.15, 0.2) is 36.7 Å². The number of halogens is 1. The first-order valence-electron chi connectivity index (χ1n) is 9.08. The summed E-state index contributed by atoms with van der Waals surface area (Å²) in [6.45, 7) is 4.46. The van der Waals surface area contributed by atoms with Gasteiger partial charge in [-0.2, -0.15) is 0 Å². The highest BCUT2D eigenvalue weighted by Crippen LogP contribution is 2.37. The summed E-state index contributed by atoms with van der Waals surface area (Å²) in [5.74, 6) is 2.24. The molecular formula is C22H26ClNO4. The number of hydrogen-bond donors (Lipinski definition) is 1. The van der Waals surface area contributed by atoms with Crippen molar-refractivity contribution in [1.82, 2.24) is 4.98 Å². The van der Waals surface area contributed by atoms with Crippen LogP contribution >= 0.6 is 12.4 Å². The topological polar surface area (TPSA) is 60.8 Å². The predicted octanol–water partition coefficient (Wildman–Crippen LogP) is 4.93. The lowest BCUT2D eigenvalue weighted by Crippen LogP contribution is -1.99. The Bertz CT molecular complexity index is 934. The molecule has 1 N–H and O–H groups in total. The van der Waals surface area contributed by atoms with E-state index in [0.29, 0.717) is 24.2 Å². The van der Waals surface area contributed by atoms with Crippen LogP contribution in [0, 0.1) is 0 Å². The molecule has 1 aromatic heterocycles. The summed E-state index contributed by atoms with van der Waals surface area (Å²) in [6.07, 6.45) is 4.97. The van der Waals surface area contributed by atoms with E-state index in [0.717, 1.165) is 40.0 Å². The molecule has 0 aliphatic carbocycles. The van der Waals surface area contributed by atoms with Crippen LogP contribution in [0.25, 0.3) is 10.8 Å². The number of rotatable bonds is 7. The molecule has 0 saturated carbocycles. The number of methoxy groups -OCH3 is 2. The van der Waals surface area contributed by atoms with E-state index < -0.39 is 0 Å². The molecule has 0 aliphatic heterocycles. The molecule has 6 heteroatoms.